The van der Waals surface area contributed by atoms with Gasteiger partial charge in [-0.25, -0.2) is 0 Å². The molecule has 1 fully saturated rings. The molecule has 1 saturated carbocycles. The molecular formula is C26H26N6O6. The molecule has 0 bridgehead atoms. The van der Waals surface area contributed by atoms with E-state index in [1.807, 2.05) is 0 Å². The Balaban J connectivity index is 1.53. The van der Waals surface area contributed by atoms with E-state index in [9.17, 15) is 14.7 Å². The lowest BCUT2D eigenvalue weighted by Gasteiger charge is -2.20. The van der Waals surface area contributed by atoms with Crippen LogP contribution in [-0.2, 0) is 13.0 Å². The van der Waals surface area contributed by atoms with Gasteiger partial charge in [0.2, 0.25) is 11.8 Å². The summed E-state index contributed by atoms with van der Waals surface area (Å²) < 4.78 is 18.2. The summed E-state index contributed by atoms with van der Waals surface area (Å²) in [5.41, 5.74) is -0.379. The van der Waals surface area contributed by atoms with Crippen molar-refractivity contribution in [3.8, 4) is 34.5 Å². The molecule has 38 heavy (non-hydrogen) atoms. The van der Waals surface area contributed by atoms with Gasteiger partial charge in [0.1, 0.15) is 28.7 Å². The molecule has 12 nitrogen and oxygen atoms in total. The lowest BCUT2D eigenvalue weighted by molar-refractivity contribution is 0.0942. The first-order valence-electron chi connectivity index (χ1n) is 12.1. The molecule has 0 aliphatic heterocycles. The topological polar surface area (TPSA) is 154 Å². The molecule has 1 amide bonds. The van der Waals surface area contributed by atoms with Gasteiger partial charge in [0.15, 0.2) is 5.56 Å². The van der Waals surface area contributed by atoms with Gasteiger partial charge >= 0.3 is 0 Å². The van der Waals surface area contributed by atoms with E-state index in [-0.39, 0.29) is 29.6 Å². The Morgan fingerprint density at radius 1 is 1.13 bits per heavy atom. The van der Waals surface area contributed by atoms with E-state index in [0.717, 1.165) is 19.3 Å². The summed E-state index contributed by atoms with van der Waals surface area (Å²) in [5.74, 6) is 0.668. The molecule has 4 aromatic rings. The number of rotatable bonds is 10. The molecule has 196 valence electrons. The Labute approximate surface area is 217 Å². The lowest BCUT2D eigenvalue weighted by atomic mass is 10.1. The molecule has 12 heteroatoms. The molecule has 3 heterocycles. The van der Waals surface area contributed by atoms with Crippen LogP contribution in [0, 0.1) is 5.92 Å². The number of nitrogens with zero attached hydrogens (tertiary/aromatic N) is 5. The summed E-state index contributed by atoms with van der Waals surface area (Å²) in [7, 11) is 3.00. The SMILES string of the molecule is COc1cccc(OC)c1-n1c(CCC2CC2)nc(=O)c(-c2nnc(CNC(=O)c3ccccn3)o2)c1O. The van der Waals surface area contributed by atoms with Crippen molar-refractivity contribution in [2.75, 3.05) is 14.2 Å². The molecule has 0 radical (unpaired) electrons. The van der Waals surface area contributed by atoms with Crippen molar-refractivity contribution >= 4 is 5.91 Å². The number of nitrogens with one attached hydrogen (secondary N) is 1. The predicted molar refractivity (Wildman–Crippen MR) is 134 cm³/mol. The van der Waals surface area contributed by atoms with Crippen molar-refractivity contribution in [3.63, 3.8) is 0 Å². The van der Waals surface area contributed by atoms with Crippen LogP contribution >= 0.6 is 0 Å². The van der Waals surface area contributed by atoms with Gasteiger partial charge in [-0.05, 0) is 36.6 Å². The summed E-state index contributed by atoms with van der Waals surface area (Å²) >= 11 is 0. The van der Waals surface area contributed by atoms with E-state index in [1.54, 1.807) is 36.4 Å². The number of amides is 1. The lowest BCUT2D eigenvalue weighted by Crippen LogP contribution is -2.23. The number of aromatic nitrogens is 5. The molecule has 0 saturated heterocycles. The Morgan fingerprint density at radius 3 is 2.55 bits per heavy atom. The van der Waals surface area contributed by atoms with Gasteiger partial charge in [0.05, 0.1) is 20.8 Å². The van der Waals surface area contributed by atoms with Crippen molar-refractivity contribution in [1.29, 1.82) is 0 Å². The van der Waals surface area contributed by atoms with Crippen LogP contribution < -0.4 is 20.3 Å². The first-order chi connectivity index (χ1) is 18.5. The molecule has 3 aromatic heterocycles. The average molecular weight is 519 g/mol. The van der Waals surface area contributed by atoms with Crippen molar-refractivity contribution in [3.05, 3.63) is 70.4 Å². The van der Waals surface area contributed by atoms with E-state index in [4.69, 9.17) is 13.9 Å². The molecular weight excluding hydrogens is 492 g/mol. The summed E-state index contributed by atoms with van der Waals surface area (Å²) in [5, 5.41) is 21.9. The van der Waals surface area contributed by atoms with E-state index in [1.165, 1.54) is 25.0 Å². The standard InChI is InChI=1S/C26H26N6O6/c1-36-17-7-5-8-18(37-2)22(17)32-19(12-11-15-9-10-15)29-24(34)21(26(32)35)25-31-30-20(38-25)14-28-23(33)16-6-3-4-13-27-16/h3-8,13,15,35H,9-12,14H2,1-2H3,(H,28,33). The Bertz CT molecular complexity index is 1490. The molecule has 0 spiro atoms. The van der Waals surface area contributed by atoms with Gasteiger partial charge < -0.3 is 24.3 Å². The molecule has 5 rings (SSSR count). The van der Waals surface area contributed by atoms with Crippen LogP contribution in [0.5, 0.6) is 17.4 Å². The number of methoxy groups -OCH3 is 2. The number of carbonyl (C=O) groups is 1. The van der Waals surface area contributed by atoms with Crippen LogP contribution in [0.3, 0.4) is 0 Å². The molecule has 1 aromatic carbocycles. The summed E-state index contributed by atoms with van der Waals surface area (Å²) in [6, 6.07) is 10.1. The molecule has 2 N–H and O–H groups in total. The fraction of sp³-hybridized carbons (Fsp3) is 0.308. The highest BCUT2D eigenvalue weighted by Crippen LogP contribution is 2.39. The number of hydrogen-bond donors (Lipinski definition) is 2. The third-order valence-electron chi connectivity index (χ3n) is 6.21. The maximum Gasteiger partial charge on any atom is 0.289 e. The first kappa shape index (κ1) is 24.9. The first-order valence-corrected chi connectivity index (χ1v) is 12.1. The Hall–Kier alpha value is -4.74. The van der Waals surface area contributed by atoms with Gasteiger partial charge in [-0.3, -0.25) is 19.1 Å². The van der Waals surface area contributed by atoms with Gasteiger partial charge in [-0.1, -0.05) is 25.0 Å². The molecule has 1 aliphatic rings. The Kier molecular flexibility index (Phi) is 7.03. The van der Waals surface area contributed by atoms with Gasteiger partial charge in [-0.2, -0.15) is 4.98 Å². The average Bonchev–Trinajstić information content (AvgIpc) is 3.66. The number of benzene rings is 1. The minimum atomic E-state index is -0.717. The van der Waals surface area contributed by atoms with Crippen molar-refractivity contribution in [2.24, 2.45) is 5.92 Å². The van der Waals surface area contributed by atoms with E-state index in [2.05, 4.69) is 25.5 Å². The maximum atomic E-state index is 13.1. The number of aryl methyl sites for hydroxylation is 1. The highest BCUT2D eigenvalue weighted by Gasteiger charge is 2.28. The van der Waals surface area contributed by atoms with Crippen LogP contribution in [0.25, 0.3) is 17.1 Å². The number of aromatic hydroxyl groups is 1. The normalized spacial score (nSPS) is 12.8. The van der Waals surface area contributed by atoms with Crippen LogP contribution in [0.4, 0.5) is 0 Å². The Morgan fingerprint density at radius 2 is 1.89 bits per heavy atom. The van der Waals surface area contributed by atoms with Crippen LogP contribution in [0.15, 0.2) is 51.8 Å². The summed E-state index contributed by atoms with van der Waals surface area (Å²) in [4.78, 5) is 33.7. The maximum absolute atomic E-state index is 13.1. The quantitative estimate of drug-likeness (QED) is 0.320. The van der Waals surface area contributed by atoms with E-state index < -0.39 is 17.3 Å². The number of ether oxygens (including phenoxy) is 2. The highest BCUT2D eigenvalue weighted by molar-refractivity contribution is 5.92. The number of pyridine rings is 1. The van der Waals surface area contributed by atoms with Crippen molar-refractivity contribution in [2.45, 2.75) is 32.2 Å². The number of carbonyl (C=O) groups excluding carboxylic acids is 1. The second-order valence-electron chi connectivity index (χ2n) is 8.76. The van der Waals surface area contributed by atoms with Crippen LogP contribution in [-0.4, -0.2) is 50.0 Å². The fourth-order valence-electron chi connectivity index (χ4n) is 4.10. The zero-order valence-corrected chi connectivity index (χ0v) is 20.9. The van der Waals surface area contributed by atoms with Crippen molar-refractivity contribution < 1.29 is 23.8 Å². The third-order valence-corrected chi connectivity index (χ3v) is 6.21. The predicted octanol–water partition coefficient (Wildman–Crippen LogP) is 2.67. The number of hydrogen-bond acceptors (Lipinski definition) is 10. The third kappa shape index (κ3) is 5.05. The van der Waals surface area contributed by atoms with Crippen molar-refractivity contribution in [1.82, 2.24) is 30.0 Å². The number of para-hydroxylation sites is 1. The van der Waals surface area contributed by atoms with Gasteiger partial charge in [-0.15, -0.1) is 10.2 Å². The molecule has 0 atom stereocenters. The summed E-state index contributed by atoms with van der Waals surface area (Å²) in [6.07, 6.45) is 5.06. The zero-order chi connectivity index (χ0) is 26.6. The van der Waals surface area contributed by atoms with E-state index in [0.29, 0.717) is 35.3 Å². The smallest absolute Gasteiger partial charge is 0.289 e. The fourth-order valence-corrected chi connectivity index (χ4v) is 4.10. The van der Waals surface area contributed by atoms with Gasteiger partial charge in [0.25, 0.3) is 17.4 Å². The molecule has 0 unspecified atom stereocenters. The van der Waals surface area contributed by atoms with Crippen LogP contribution in [0.2, 0.25) is 0 Å². The molecule has 1 aliphatic carbocycles. The largest absolute Gasteiger partial charge is 0.494 e. The van der Waals surface area contributed by atoms with Gasteiger partial charge in [0, 0.05) is 12.6 Å². The highest BCUT2D eigenvalue weighted by atomic mass is 16.5. The minimum Gasteiger partial charge on any atom is -0.494 e. The monoisotopic (exact) mass is 518 g/mol. The van der Waals surface area contributed by atoms with E-state index >= 15 is 0 Å². The van der Waals surface area contributed by atoms with Crippen LogP contribution in [0.1, 0.15) is 41.5 Å². The summed E-state index contributed by atoms with van der Waals surface area (Å²) in [6.45, 7) is -0.107. The minimum absolute atomic E-state index is 0.0299. The second kappa shape index (κ2) is 10.7. The second-order valence-corrected chi connectivity index (χ2v) is 8.76. The zero-order valence-electron chi connectivity index (χ0n) is 20.9.